The summed E-state index contributed by atoms with van der Waals surface area (Å²) in [4.78, 5) is 12.8. The fourth-order valence-electron chi connectivity index (χ4n) is 2.73. The van der Waals surface area contributed by atoms with Gasteiger partial charge in [-0.25, -0.2) is 4.79 Å². The molecule has 0 saturated carbocycles. The topological polar surface area (TPSA) is 99.2 Å². The molecule has 1 amide bonds. The van der Waals surface area contributed by atoms with Gasteiger partial charge < -0.3 is 20.9 Å². The Morgan fingerprint density at radius 3 is 2.70 bits per heavy atom. The maximum atomic E-state index is 11.3. The summed E-state index contributed by atoms with van der Waals surface area (Å²) in [6, 6.07) is 9.61. The summed E-state index contributed by atoms with van der Waals surface area (Å²) >= 11 is 0. The fourth-order valence-corrected chi connectivity index (χ4v) is 2.73. The highest BCUT2D eigenvalue weighted by molar-refractivity contribution is 5.82. The van der Waals surface area contributed by atoms with Gasteiger partial charge in [-0.3, -0.25) is 0 Å². The molecule has 1 aliphatic heterocycles. The number of rotatable bonds is 3. The maximum Gasteiger partial charge on any atom is 0.407 e. The number of carboxylic acid groups (broad SMARTS) is 1. The largest absolute Gasteiger partial charge is 0.465 e. The van der Waals surface area contributed by atoms with Gasteiger partial charge in [0.05, 0.1) is 0 Å². The number of piperidine rings is 1. The fraction of sp³-hybridized carbons (Fsp3) is 0.429. The van der Waals surface area contributed by atoms with E-state index < -0.39 is 6.09 Å². The monoisotopic (exact) mass is 277 g/mol. The molecule has 1 aromatic carbocycles. The van der Waals surface area contributed by atoms with Gasteiger partial charge in [0, 0.05) is 18.5 Å². The summed E-state index contributed by atoms with van der Waals surface area (Å²) in [6.07, 6.45) is 0.899. The highest BCUT2D eigenvalue weighted by atomic mass is 16.4. The van der Waals surface area contributed by atoms with Gasteiger partial charge in [-0.15, -0.1) is 0 Å². The van der Waals surface area contributed by atoms with E-state index in [1.807, 2.05) is 30.3 Å². The van der Waals surface area contributed by atoms with E-state index in [4.69, 9.17) is 10.9 Å². The zero-order valence-corrected chi connectivity index (χ0v) is 11.1. The highest BCUT2D eigenvalue weighted by Crippen LogP contribution is 2.25. The number of likely N-dealkylation sites (tertiary alicyclic amines) is 1. The lowest BCUT2D eigenvalue weighted by Crippen LogP contribution is -2.48. The molecule has 1 fully saturated rings. The van der Waals surface area contributed by atoms with Crippen LogP contribution in [0.15, 0.2) is 35.5 Å². The van der Waals surface area contributed by atoms with Crippen LogP contribution in [0.4, 0.5) is 4.79 Å². The molecule has 4 N–H and O–H groups in total. The molecular weight excluding hydrogens is 258 g/mol. The van der Waals surface area contributed by atoms with Crippen molar-refractivity contribution in [3.8, 4) is 0 Å². The molecule has 0 bridgehead atoms. The normalized spacial score (nSPS) is 23.6. The Bertz CT molecular complexity index is 490. The first-order valence-electron chi connectivity index (χ1n) is 6.62. The zero-order chi connectivity index (χ0) is 14.5. The molecule has 0 aliphatic carbocycles. The molecule has 0 radical (unpaired) electrons. The quantitative estimate of drug-likeness (QED) is 0.339. The number of amidine groups is 1. The van der Waals surface area contributed by atoms with Gasteiger partial charge in [0.15, 0.2) is 0 Å². The number of nitrogens with two attached hydrogens (primary N) is 1. The Kier molecular flexibility index (Phi) is 4.45. The third kappa shape index (κ3) is 3.20. The number of amides is 1. The lowest BCUT2D eigenvalue weighted by Gasteiger charge is -2.37. The summed E-state index contributed by atoms with van der Waals surface area (Å²) in [5.74, 6) is 0.123. The first-order valence-corrected chi connectivity index (χ1v) is 6.62. The van der Waals surface area contributed by atoms with Crippen molar-refractivity contribution in [3.05, 3.63) is 35.9 Å². The van der Waals surface area contributed by atoms with Gasteiger partial charge in [0.2, 0.25) is 0 Å². The number of nitrogens with zero attached hydrogens (tertiary/aromatic N) is 2. The third-order valence-electron chi connectivity index (χ3n) is 3.81. The van der Waals surface area contributed by atoms with Gasteiger partial charge in [0.1, 0.15) is 5.84 Å². The molecule has 108 valence electrons. The van der Waals surface area contributed by atoms with Crippen LogP contribution in [0.3, 0.4) is 0 Å². The molecule has 6 heteroatoms. The van der Waals surface area contributed by atoms with Crippen molar-refractivity contribution < 1.29 is 15.1 Å². The van der Waals surface area contributed by atoms with Crippen LogP contribution in [0.2, 0.25) is 0 Å². The van der Waals surface area contributed by atoms with Crippen molar-refractivity contribution in [1.82, 2.24) is 4.90 Å². The highest BCUT2D eigenvalue weighted by Gasteiger charge is 2.33. The number of benzene rings is 1. The maximum absolute atomic E-state index is 11.3. The number of carbonyl (C=O) groups is 1. The van der Waals surface area contributed by atoms with Crippen LogP contribution in [-0.2, 0) is 6.42 Å². The van der Waals surface area contributed by atoms with Crippen molar-refractivity contribution in [2.75, 3.05) is 6.54 Å². The minimum atomic E-state index is -0.913. The molecule has 2 atom stereocenters. The van der Waals surface area contributed by atoms with E-state index in [1.165, 1.54) is 4.90 Å². The SMILES string of the molecule is NC(=NO)C1CCN(C(=O)O)C(Cc2ccccc2)C1. The van der Waals surface area contributed by atoms with Crippen LogP contribution in [0.25, 0.3) is 0 Å². The van der Waals surface area contributed by atoms with Crippen LogP contribution in [0.1, 0.15) is 18.4 Å². The predicted molar refractivity (Wildman–Crippen MR) is 74.8 cm³/mol. The zero-order valence-electron chi connectivity index (χ0n) is 11.1. The molecule has 20 heavy (non-hydrogen) atoms. The molecule has 1 aromatic rings. The molecule has 1 saturated heterocycles. The first-order chi connectivity index (χ1) is 9.61. The lowest BCUT2D eigenvalue weighted by atomic mass is 9.87. The Hall–Kier alpha value is -2.24. The average Bonchev–Trinajstić information content (AvgIpc) is 2.47. The van der Waals surface area contributed by atoms with Crippen LogP contribution >= 0.6 is 0 Å². The van der Waals surface area contributed by atoms with Gasteiger partial charge in [-0.1, -0.05) is 35.5 Å². The number of oxime groups is 1. The molecule has 2 unspecified atom stereocenters. The summed E-state index contributed by atoms with van der Waals surface area (Å²) in [5, 5.41) is 21.1. The summed E-state index contributed by atoms with van der Waals surface area (Å²) < 4.78 is 0. The molecule has 1 aliphatic rings. The van der Waals surface area contributed by atoms with Crippen LogP contribution in [0.5, 0.6) is 0 Å². The lowest BCUT2D eigenvalue weighted by molar-refractivity contribution is 0.0986. The minimum Gasteiger partial charge on any atom is -0.465 e. The van der Waals surface area contributed by atoms with Gasteiger partial charge in [0.25, 0.3) is 0 Å². The van der Waals surface area contributed by atoms with E-state index >= 15 is 0 Å². The Balaban J connectivity index is 2.13. The Morgan fingerprint density at radius 2 is 2.10 bits per heavy atom. The van der Waals surface area contributed by atoms with Crippen LogP contribution < -0.4 is 5.73 Å². The third-order valence-corrected chi connectivity index (χ3v) is 3.81. The summed E-state index contributed by atoms with van der Waals surface area (Å²) in [5.41, 5.74) is 6.75. The second kappa shape index (κ2) is 6.27. The molecule has 0 aromatic heterocycles. The summed E-state index contributed by atoms with van der Waals surface area (Å²) in [6.45, 7) is 0.410. The van der Waals surface area contributed by atoms with Crippen LogP contribution in [0, 0.1) is 5.92 Å². The van der Waals surface area contributed by atoms with Crippen LogP contribution in [-0.4, -0.2) is 39.7 Å². The van der Waals surface area contributed by atoms with Crippen molar-refractivity contribution >= 4 is 11.9 Å². The van der Waals surface area contributed by atoms with E-state index in [1.54, 1.807) is 0 Å². The second-order valence-electron chi connectivity index (χ2n) is 5.07. The van der Waals surface area contributed by atoms with Gasteiger partial charge in [-0.2, -0.15) is 0 Å². The van der Waals surface area contributed by atoms with E-state index in [-0.39, 0.29) is 17.8 Å². The van der Waals surface area contributed by atoms with E-state index in [0.29, 0.717) is 25.8 Å². The van der Waals surface area contributed by atoms with Gasteiger partial charge >= 0.3 is 6.09 Å². The molecule has 1 heterocycles. The van der Waals surface area contributed by atoms with Crippen molar-refractivity contribution in [2.45, 2.75) is 25.3 Å². The second-order valence-corrected chi connectivity index (χ2v) is 5.07. The molecular formula is C14H19N3O3. The first kappa shape index (κ1) is 14.2. The van der Waals surface area contributed by atoms with Crippen molar-refractivity contribution in [1.29, 1.82) is 0 Å². The van der Waals surface area contributed by atoms with Crippen molar-refractivity contribution in [2.24, 2.45) is 16.8 Å². The van der Waals surface area contributed by atoms with E-state index in [0.717, 1.165) is 5.56 Å². The van der Waals surface area contributed by atoms with Crippen molar-refractivity contribution in [3.63, 3.8) is 0 Å². The molecule has 6 nitrogen and oxygen atoms in total. The average molecular weight is 277 g/mol. The van der Waals surface area contributed by atoms with E-state index in [2.05, 4.69) is 5.16 Å². The van der Waals surface area contributed by atoms with Gasteiger partial charge in [-0.05, 0) is 24.8 Å². The molecule has 0 spiro atoms. The predicted octanol–water partition coefficient (Wildman–Crippen LogP) is 1.73. The van der Waals surface area contributed by atoms with E-state index in [9.17, 15) is 9.90 Å². The standard InChI is InChI=1S/C14H19N3O3/c15-13(16-20)11-6-7-17(14(18)19)12(9-11)8-10-4-2-1-3-5-10/h1-5,11-12,20H,6-9H2,(H2,15,16)(H,18,19). The smallest absolute Gasteiger partial charge is 0.407 e. The Morgan fingerprint density at radius 1 is 1.40 bits per heavy atom. The number of hydrogen-bond acceptors (Lipinski definition) is 3. The minimum absolute atomic E-state index is 0.0655. The number of hydrogen-bond donors (Lipinski definition) is 3. The summed E-state index contributed by atoms with van der Waals surface area (Å²) in [7, 11) is 0. The molecule has 2 rings (SSSR count). The Labute approximate surface area is 117 Å².